The molecule has 0 aliphatic carbocycles. The van der Waals surface area contributed by atoms with Crippen molar-refractivity contribution in [2.75, 3.05) is 5.73 Å². The van der Waals surface area contributed by atoms with Gasteiger partial charge in [-0.3, -0.25) is 0 Å². The summed E-state index contributed by atoms with van der Waals surface area (Å²) in [5.41, 5.74) is 8.56. The summed E-state index contributed by atoms with van der Waals surface area (Å²) in [5, 5.41) is 9.98. The van der Waals surface area contributed by atoms with Gasteiger partial charge in [0.15, 0.2) is 0 Å². The molecule has 2 rings (SSSR count). The number of hydrogen-bond donors (Lipinski definition) is 2. The molecule has 0 aliphatic heterocycles. The van der Waals surface area contributed by atoms with Gasteiger partial charge >= 0.3 is 0 Å². The average Bonchev–Trinajstić information content (AvgIpc) is 2.74. The summed E-state index contributed by atoms with van der Waals surface area (Å²) in [6.07, 6.45) is 3.89. The van der Waals surface area contributed by atoms with Crippen LogP contribution in [-0.4, -0.2) is 14.7 Å². The molecule has 0 atom stereocenters. The third-order valence-corrected chi connectivity index (χ3v) is 3.54. The van der Waals surface area contributed by atoms with Crippen LogP contribution in [0.2, 0.25) is 0 Å². The van der Waals surface area contributed by atoms with Crippen LogP contribution in [-0.2, 0) is 19.4 Å². The number of rotatable bonds is 6. The summed E-state index contributed by atoms with van der Waals surface area (Å²) >= 11 is 0. The lowest BCUT2D eigenvalue weighted by atomic mass is 10.2. The Kier molecular flexibility index (Phi) is 4.66. The topological polar surface area (TPSA) is 64.1 Å². The highest BCUT2D eigenvalue weighted by molar-refractivity contribution is 5.39. The van der Waals surface area contributed by atoms with E-state index in [0.717, 1.165) is 49.4 Å². The van der Waals surface area contributed by atoms with E-state index in [9.17, 15) is 5.11 Å². The highest BCUT2D eigenvalue weighted by Gasteiger charge is 2.14. The zero-order valence-corrected chi connectivity index (χ0v) is 12.3. The maximum Gasteiger partial charge on any atom is 0.232 e. The molecular formula is C16H23N3O. The number of aryl methyl sites for hydroxylation is 1. The van der Waals surface area contributed by atoms with Gasteiger partial charge < -0.3 is 15.4 Å². The van der Waals surface area contributed by atoms with E-state index in [4.69, 9.17) is 5.73 Å². The van der Waals surface area contributed by atoms with Crippen LogP contribution in [0.3, 0.4) is 0 Å². The molecular weight excluding hydrogens is 250 g/mol. The normalized spacial score (nSPS) is 10.9. The summed E-state index contributed by atoms with van der Waals surface area (Å²) in [6, 6.07) is 7.86. The number of unbranched alkanes of at least 4 members (excludes halogenated alkanes) is 1. The highest BCUT2D eigenvalue weighted by atomic mass is 16.3. The van der Waals surface area contributed by atoms with Crippen LogP contribution in [0, 0.1) is 0 Å². The number of imidazole rings is 1. The predicted molar refractivity (Wildman–Crippen MR) is 81.8 cm³/mol. The van der Waals surface area contributed by atoms with E-state index < -0.39 is 0 Å². The predicted octanol–water partition coefficient (Wildman–Crippen LogP) is 3.12. The van der Waals surface area contributed by atoms with Gasteiger partial charge in [0.25, 0.3) is 0 Å². The maximum atomic E-state index is 9.98. The highest BCUT2D eigenvalue weighted by Crippen LogP contribution is 2.22. The van der Waals surface area contributed by atoms with Gasteiger partial charge in [-0.05, 0) is 30.5 Å². The van der Waals surface area contributed by atoms with Crippen molar-refractivity contribution in [3.8, 4) is 5.88 Å². The first-order chi connectivity index (χ1) is 9.65. The largest absolute Gasteiger partial charge is 0.492 e. The Labute approximate surface area is 120 Å². The van der Waals surface area contributed by atoms with Gasteiger partial charge in [-0.2, -0.15) is 4.98 Å². The Hall–Kier alpha value is -1.97. The molecule has 0 saturated carbocycles. The van der Waals surface area contributed by atoms with E-state index in [1.165, 1.54) is 5.56 Å². The Morgan fingerprint density at radius 2 is 1.90 bits per heavy atom. The third kappa shape index (κ3) is 3.13. The fourth-order valence-electron chi connectivity index (χ4n) is 2.39. The number of anilines is 1. The van der Waals surface area contributed by atoms with Gasteiger partial charge in [0, 0.05) is 18.7 Å². The molecule has 0 unspecified atom stereocenters. The van der Waals surface area contributed by atoms with Crippen molar-refractivity contribution in [1.82, 2.24) is 9.55 Å². The first-order valence-electron chi connectivity index (χ1n) is 7.27. The molecule has 1 aromatic heterocycles. The van der Waals surface area contributed by atoms with Crippen LogP contribution in [0.5, 0.6) is 5.88 Å². The van der Waals surface area contributed by atoms with Gasteiger partial charge in [-0.1, -0.05) is 32.4 Å². The van der Waals surface area contributed by atoms with Crippen molar-refractivity contribution >= 4 is 5.69 Å². The number of aromatic nitrogens is 2. The number of nitrogens with two attached hydrogens (primary N) is 1. The molecule has 2 aromatic rings. The van der Waals surface area contributed by atoms with Crippen LogP contribution in [0.15, 0.2) is 24.3 Å². The molecule has 0 bridgehead atoms. The van der Waals surface area contributed by atoms with Crippen LogP contribution < -0.4 is 5.73 Å². The average molecular weight is 273 g/mol. The fraction of sp³-hybridized carbons (Fsp3) is 0.438. The van der Waals surface area contributed by atoms with E-state index in [-0.39, 0.29) is 5.88 Å². The van der Waals surface area contributed by atoms with Crippen molar-refractivity contribution in [3.05, 3.63) is 41.3 Å². The Morgan fingerprint density at radius 1 is 1.20 bits per heavy atom. The summed E-state index contributed by atoms with van der Waals surface area (Å²) in [6.45, 7) is 4.93. The standard InChI is InChI=1S/C16H23N3O/c1-3-5-6-15-18-16(20)14(4-2)19(15)11-12-7-9-13(17)10-8-12/h7-10,20H,3-6,11,17H2,1-2H3. The van der Waals surface area contributed by atoms with E-state index >= 15 is 0 Å². The van der Waals surface area contributed by atoms with Crippen molar-refractivity contribution in [2.24, 2.45) is 0 Å². The lowest BCUT2D eigenvalue weighted by molar-refractivity contribution is 0.447. The fourth-order valence-corrected chi connectivity index (χ4v) is 2.39. The Morgan fingerprint density at radius 3 is 2.50 bits per heavy atom. The van der Waals surface area contributed by atoms with Crippen molar-refractivity contribution < 1.29 is 5.11 Å². The molecule has 0 amide bonds. The summed E-state index contributed by atoms with van der Waals surface area (Å²) in [7, 11) is 0. The molecule has 0 saturated heterocycles. The first kappa shape index (κ1) is 14.4. The van der Waals surface area contributed by atoms with E-state index in [0.29, 0.717) is 0 Å². The molecule has 0 radical (unpaired) electrons. The van der Waals surface area contributed by atoms with Crippen LogP contribution >= 0.6 is 0 Å². The van der Waals surface area contributed by atoms with E-state index in [2.05, 4.69) is 16.5 Å². The van der Waals surface area contributed by atoms with Crippen molar-refractivity contribution in [1.29, 1.82) is 0 Å². The molecule has 4 heteroatoms. The molecule has 4 nitrogen and oxygen atoms in total. The van der Waals surface area contributed by atoms with E-state index in [1.54, 1.807) is 0 Å². The SMILES string of the molecule is CCCCc1nc(O)c(CC)n1Cc1ccc(N)cc1. The van der Waals surface area contributed by atoms with Crippen molar-refractivity contribution in [2.45, 2.75) is 46.1 Å². The second-order valence-corrected chi connectivity index (χ2v) is 5.08. The zero-order chi connectivity index (χ0) is 14.5. The summed E-state index contributed by atoms with van der Waals surface area (Å²) in [5.74, 6) is 1.15. The molecule has 20 heavy (non-hydrogen) atoms. The quantitative estimate of drug-likeness (QED) is 0.795. The van der Waals surface area contributed by atoms with Crippen LogP contribution in [0.25, 0.3) is 0 Å². The second kappa shape index (κ2) is 6.46. The molecule has 0 fully saturated rings. The number of aromatic hydroxyl groups is 1. The summed E-state index contributed by atoms with van der Waals surface area (Å²) in [4.78, 5) is 4.33. The molecule has 108 valence electrons. The first-order valence-corrected chi connectivity index (χ1v) is 7.27. The molecule has 1 aromatic carbocycles. The molecule has 0 spiro atoms. The maximum absolute atomic E-state index is 9.98. The van der Waals surface area contributed by atoms with Gasteiger partial charge in [0.2, 0.25) is 5.88 Å². The number of hydrogen-bond acceptors (Lipinski definition) is 3. The lowest BCUT2D eigenvalue weighted by Crippen LogP contribution is -2.08. The second-order valence-electron chi connectivity index (χ2n) is 5.08. The van der Waals surface area contributed by atoms with Gasteiger partial charge in [-0.15, -0.1) is 0 Å². The molecule has 3 N–H and O–H groups in total. The Bertz CT molecular complexity index is 558. The minimum Gasteiger partial charge on any atom is -0.492 e. The number of nitrogens with zero attached hydrogens (tertiary/aromatic N) is 2. The number of benzene rings is 1. The summed E-state index contributed by atoms with van der Waals surface area (Å²) < 4.78 is 2.14. The van der Waals surface area contributed by atoms with Gasteiger partial charge in [-0.25, -0.2) is 0 Å². The van der Waals surface area contributed by atoms with E-state index in [1.807, 2.05) is 31.2 Å². The van der Waals surface area contributed by atoms with Crippen LogP contribution in [0.1, 0.15) is 43.8 Å². The van der Waals surface area contributed by atoms with Crippen molar-refractivity contribution in [3.63, 3.8) is 0 Å². The molecule has 1 heterocycles. The monoisotopic (exact) mass is 273 g/mol. The smallest absolute Gasteiger partial charge is 0.232 e. The zero-order valence-electron chi connectivity index (χ0n) is 12.3. The molecule has 0 aliphatic rings. The minimum atomic E-state index is 0.175. The lowest BCUT2D eigenvalue weighted by Gasteiger charge is -2.11. The third-order valence-electron chi connectivity index (χ3n) is 3.54. The van der Waals surface area contributed by atoms with Gasteiger partial charge in [0.05, 0.1) is 5.69 Å². The van der Waals surface area contributed by atoms with Crippen LogP contribution in [0.4, 0.5) is 5.69 Å². The Balaban J connectivity index is 2.30. The number of nitrogen functional groups attached to an aromatic ring is 1. The van der Waals surface area contributed by atoms with Gasteiger partial charge in [0.1, 0.15) is 5.82 Å². The minimum absolute atomic E-state index is 0.175.